The molecule has 112 valence electrons. The molecule has 1 atom stereocenters. The topological polar surface area (TPSA) is 49.4 Å². The summed E-state index contributed by atoms with van der Waals surface area (Å²) in [5, 5.41) is 3.28. The number of anilines is 2. The molecule has 0 aliphatic carbocycles. The molecule has 0 radical (unpaired) electrons. The maximum atomic E-state index is 12.5. The van der Waals surface area contributed by atoms with Crippen LogP contribution in [0.4, 0.5) is 11.4 Å². The summed E-state index contributed by atoms with van der Waals surface area (Å²) in [6, 6.07) is 12.2. The fourth-order valence-electron chi connectivity index (χ4n) is 2.54. The lowest BCUT2D eigenvalue weighted by molar-refractivity contribution is -0.126. The first kappa shape index (κ1) is 14.9. The van der Waals surface area contributed by atoms with Gasteiger partial charge in [-0.1, -0.05) is 47.5 Å². The van der Waals surface area contributed by atoms with Crippen molar-refractivity contribution in [3.05, 3.63) is 58.1 Å². The second-order valence-corrected chi connectivity index (χ2v) is 5.76. The van der Waals surface area contributed by atoms with Crippen molar-refractivity contribution in [3.63, 3.8) is 0 Å². The lowest BCUT2D eigenvalue weighted by Gasteiger charge is -2.13. The van der Waals surface area contributed by atoms with Gasteiger partial charge in [-0.3, -0.25) is 9.59 Å². The predicted molar refractivity (Wildman–Crippen MR) is 87.7 cm³/mol. The molecule has 1 N–H and O–H groups in total. The smallest absolute Gasteiger partial charge is 0.243 e. The Labute approximate surface area is 137 Å². The van der Waals surface area contributed by atoms with E-state index in [1.807, 2.05) is 12.1 Å². The Hall–Kier alpha value is -2.04. The van der Waals surface area contributed by atoms with Crippen LogP contribution in [0.1, 0.15) is 11.5 Å². The standard InChI is InChI=1S/C16H12Cl2N2O2/c1-20-12-8-3-2-5-9(12)13(16(20)22)15(21)19-11-7-4-6-10(17)14(11)18/h2-8,13H,1H3,(H,19,21)/t13-/m1/s1. The molecule has 4 nitrogen and oxygen atoms in total. The molecule has 6 heteroatoms. The number of nitrogens with zero attached hydrogens (tertiary/aromatic N) is 1. The molecule has 1 aliphatic rings. The third-order valence-corrected chi connectivity index (χ3v) is 4.48. The van der Waals surface area contributed by atoms with E-state index in [-0.39, 0.29) is 10.9 Å². The minimum absolute atomic E-state index is 0.254. The second-order valence-electron chi connectivity index (χ2n) is 4.98. The van der Waals surface area contributed by atoms with E-state index >= 15 is 0 Å². The average molecular weight is 335 g/mol. The van der Waals surface area contributed by atoms with Crippen LogP contribution in [0.15, 0.2) is 42.5 Å². The Kier molecular flexibility index (Phi) is 3.81. The average Bonchev–Trinajstić information content (AvgIpc) is 2.76. The van der Waals surface area contributed by atoms with E-state index in [1.54, 1.807) is 37.4 Å². The zero-order valence-electron chi connectivity index (χ0n) is 11.6. The number of amides is 2. The summed E-state index contributed by atoms with van der Waals surface area (Å²) in [7, 11) is 1.65. The number of hydrogen-bond acceptors (Lipinski definition) is 2. The van der Waals surface area contributed by atoms with Gasteiger partial charge < -0.3 is 10.2 Å². The Morgan fingerprint density at radius 3 is 2.64 bits per heavy atom. The largest absolute Gasteiger partial charge is 0.324 e. The molecule has 2 amide bonds. The molecule has 1 heterocycles. The number of fused-ring (bicyclic) bond motifs is 1. The van der Waals surface area contributed by atoms with Crippen molar-refractivity contribution in [2.45, 2.75) is 5.92 Å². The summed E-state index contributed by atoms with van der Waals surface area (Å²) < 4.78 is 0. The summed E-state index contributed by atoms with van der Waals surface area (Å²) >= 11 is 12.0. The van der Waals surface area contributed by atoms with Crippen molar-refractivity contribution >= 4 is 46.4 Å². The number of hydrogen-bond donors (Lipinski definition) is 1. The van der Waals surface area contributed by atoms with Gasteiger partial charge in [0.25, 0.3) is 0 Å². The van der Waals surface area contributed by atoms with E-state index in [2.05, 4.69) is 5.32 Å². The number of nitrogens with one attached hydrogen (secondary N) is 1. The van der Waals surface area contributed by atoms with Crippen LogP contribution in [0.3, 0.4) is 0 Å². The van der Waals surface area contributed by atoms with Gasteiger partial charge in [0.2, 0.25) is 11.8 Å². The Balaban J connectivity index is 1.93. The SMILES string of the molecule is CN1C(=O)[C@@H](C(=O)Nc2cccc(Cl)c2Cl)c2ccccc21. The molecule has 0 saturated heterocycles. The Morgan fingerprint density at radius 1 is 1.14 bits per heavy atom. The highest BCUT2D eigenvalue weighted by Gasteiger charge is 2.40. The van der Waals surface area contributed by atoms with Crippen molar-refractivity contribution < 1.29 is 9.59 Å². The molecule has 0 aromatic heterocycles. The molecule has 1 aliphatic heterocycles. The van der Waals surface area contributed by atoms with Crippen molar-refractivity contribution in [1.29, 1.82) is 0 Å². The van der Waals surface area contributed by atoms with Crippen LogP contribution < -0.4 is 10.2 Å². The maximum absolute atomic E-state index is 12.5. The normalized spacial score (nSPS) is 16.6. The Bertz CT molecular complexity index is 776. The summed E-state index contributed by atoms with van der Waals surface area (Å²) in [4.78, 5) is 26.4. The second kappa shape index (κ2) is 5.63. The zero-order chi connectivity index (χ0) is 15.9. The van der Waals surface area contributed by atoms with Gasteiger partial charge in [-0.25, -0.2) is 0 Å². The first-order valence-corrected chi connectivity index (χ1v) is 7.37. The quantitative estimate of drug-likeness (QED) is 0.851. The Morgan fingerprint density at radius 2 is 1.86 bits per heavy atom. The van der Waals surface area contributed by atoms with Gasteiger partial charge in [-0.2, -0.15) is 0 Å². The minimum atomic E-state index is -0.878. The minimum Gasteiger partial charge on any atom is -0.324 e. The maximum Gasteiger partial charge on any atom is 0.243 e. The summed E-state index contributed by atoms with van der Waals surface area (Å²) in [5.74, 6) is -1.57. The van der Waals surface area contributed by atoms with E-state index in [4.69, 9.17) is 23.2 Å². The lowest BCUT2D eigenvalue weighted by Crippen LogP contribution is -2.31. The summed E-state index contributed by atoms with van der Waals surface area (Å²) in [6.07, 6.45) is 0. The third kappa shape index (κ3) is 2.34. The first-order valence-electron chi connectivity index (χ1n) is 6.62. The molecule has 0 unspecified atom stereocenters. The number of carbonyl (C=O) groups excluding carboxylic acids is 2. The van der Waals surface area contributed by atoms with Crippen LogP contribution in [0.2, 0.25) is 10.0 Å². The molecule has 0 bridgehead atoms. The molecule has 3 rings (SSSR count). The fourth-order valence-corrected chi connectivity index (χ4v) is 2.89. The highest BCUT2D eigenvalue weighted by Crippen LogP contribution is 2.37. The van der Waals surface area contributed by atoms with E-state index in [0.29, 0.717) is 16.3 Å². The van der Waals surface area contributed by atoms with Crippen LogP contribution in [0, 0.1) is 0 Å². The van der Waals surface area contributed by atoms with Crippen LogP contribution in [0.5, 0.6) is 0 Å². The number of carbonyl (C=O) groups is 2. The molecule has 0 fully saturated rings. The zero-order valence-corrected chi connectivity index (χ0v) is 13.2. The van der Waals surface area contributed by atoms with Crippen molar-refractivity contribution in [1.82, 2.24) is 0 Å². The molecular formula is C16H12Cl2N2O2. The number of likely N-dealkylation sites (N-methyl/N-ethyl adjacent to an activating group) is 1. The highest BCUT2D eigenvalue weighted by atomic mass is 35.5. The first-order chi connectivity index (χ1) is 10.5. The molecular weight excluding hydrogens is 323 g/mol. The van der Waals surface area contributed by atoms with Gasteiger partial charge in [0.05, 0.1) is 15.7 Å². The van der Waals surface area contributed by atoms with Crippen LogP contribution >= 0.6 is 23.2 Å². The number of para-hydroxylation sites is 1. The van der Waals surface area contributed by atoms with Crippen LogP contribution in [-0.2, 0) is 9.59 Å². The van der Waals surface area contributed by atoms with E-state index in [1.165, 1.54) is 4.90 Å². The number of benzene rings is 2. The molecule has 0 saturated carbocycles. The predicted octanol–water partition coefficient (Wildman–Crippen LogP) is 3.69. The fraction of sp³-hybridized carbons (Fsp3) is 0.125. The molecule has 2 aromatic rings. The highest BCUT2D eigenvalue weighted by molar-refractivity contribution is 6.44. The lowest BCUT2D eigenvalue weighted by atomic mass is 10.00. The van der Waals surface area contributed by atoms with Gasteiger partial charge >= 0.3 is 0 Å². The van der Waals surface area contributed by atoms with Gasteiger partial charge in [-0.15, -0.1) is 0 Å². The molecule has 0 spiro atoms. The van der Waals surface area contributed by atoms with Gasteiger partial charge in [0.15, 0.2) is 0 Å². The van der Waals surface area contributed by atoms with Gasteiger partial charge in [0.1, 0.15) is 5.92 Å². The number of halogens is 2. The van der Waals surface area contributed by atoms with Crippen LogP contribution in [-0.4, -0.2) is 18.9 Å². The van der Waals surface area contributed by atoms with E-state index in [9.17, 15) is 9.59 Å². The number of rotatable bonds is 2. The molecule has 2 aromatic carbocycles. The van der Waals surface area contributed by atoms with Gasteiger partial charge in [0, 0.05) is 12.7 Å². The van der Waals surface area contributed by atoms with Crippen LogP contribution in [0.25, 0.3) is 0 Å². The monoisotopic (exact) mass is 334 g/mol. The summed E-state index contributed by atoms with van der Waals surface area (Å²) in [5.41, 5.74) is 1.81. The van der Waals surface area contributed by atoms with Crippen molar-refractivity contribution in [3.8, 4) is 0 Å². The van der Waals surface area contributed by atoms with E-state index in [0.717, 1.165) is 5.69 Å². The van der Waals surface area contributed by atoms with Crippen molar-refractivity contribution in [2.24, 2.45) is 0 Å². The summed E-state index contributed by atoms with van der Waals surface area (Å²) in [6.45, 7) is 0. The molecule has 22 heavy (non-hydrogen) atoms. The van der Waals surface area contributed by atoms with Gasteiger partial charge in [-0.05, 0) is 23.8 Å². The van der Waals surface area contributed by atoms with Crippen molar-refractivity contribution in [2.75, 3.05) is 17.3 Å². The third-order valence-electron chi connectivity index (χ3n) is 3.66. The van der Waals surface area contributed by atoms with E-state index < -0.39 is 11.8 Å².